The third kappa shape index (κ3) is 3.04. The van der Waals surface area contributed by atoms with E-state index in [2.05, 4.69) is 25.4 Å². The summed E-state index contributed by atoms with van der Waals surface area (Å²) in [6, 6.07) is 11.4. The Morgan fingerprint density at radius 1 is 1.08 bits per heavy atom. The molecule has 4 aromatic rings. The van der Waals surface area contributed by atoms with Crippen LogP contribution < -0.4 is 5.32 Å². The maximum absolute atomic E-state index is 6.10. The van der Waals surface area contributed by atoms with E-state index in [1.165, 1.54) is 0 Å². The largest absolute Gasteiger partial charge is 0.354 e. The van der Waals surface area contributed by atoms with Crippen molar-refractivity contribution in [1.29, 1.82) is 0 Å². The van der Waals surface area contributed by atoms with Crippen molar-refractivity contribution in [1.82, 2.24) is 20.1 Å². The van der Waals surface area contributed by atoms with Crippen LogP contribution in [0.5, 0.6) is 0 Å². The van der Waals surface area contributed by atoms with Gasteiger partial charge in [0.2, 0.25) is 0 Å². The van der Waals surface area contributed by atoms with Crippen LogP contribution >= 0.6 is 11.6 Å². The van der Waals surface area contributed by atoms with Crippen LogP contribution in [-0.2, 0) is 0 Å². The number of nitrogens with one attached hydrogen (secondary N) is 1. The molecule has 0 fully saturated rings. The summed E-state index contributed by atoms with van der Waals surface area (Å²) in [5.41, 5.74) is 3.89. The van der Waals surface area contributed by atoms with Gasteiger partial charge in [0.05, 0.1) is 11.3 Å². The lowest BCUT2D eigenvalue weighted by Gasteiger charge is -2.13. The zero-order chi connectivity index (χ0) is 17.4. The first-order valence-electron chi connectivity index (χ1n) is 7.70. The number of hydrogen-bond acceptors (Lipinski definition) is 6. The molecule has 0 saturated carbocycles. The van der Waals surface area contributed by atoms with E-state index in [1.54, 1.807) is 13.1 Å². The fourth-order valence-electron chi connectivity index (χ4n) is 2.59. The summed E-state index contributed by atoms with van der Waals surface area (Å²) in [6.45, 7) is 3.71. The maximum Gasteiger partial charge on any atom is 0.261 e. The van der Waals surface area contributed by atoms with Gasteiger partial charge in [0.15, 0.2) is 11.5 Å². The van der Waals surface area contributed by atoms with Gasteiger partial charge in [-0.25, -0.2) is 9.97 Å². The van der Waals surface area contributed by atoms with Gasteiger partial charge in [-0.15, -0.1) is 0 Å². The lowest BCUT2D eigenvalue weighted by molar-refractivity contribution is 0.425. The molecule has 6 nitrogen and oxygen atoms in total. The monoisotopic (exact) mass is 351 g/mol. The molecule has 1 aromatic carbocycles. The van der Waals surface area contributed by atoms with Crippen molar-refractivity contribution >= 4 is 34.0 Å². The summed E-state index contributed by atoms with van der Waals surface area (Å²) in [6.07, 6.45) is 1.69. The molecule has 7 heteroatoms. The number of nitrogens with zero attached hydrogens (tertiary/aromatic N) is 4. The summed E-state index contributed by atoms with van der Waals surface area (Å²) in [5.74, 6) is 0.961. The summed E-state index contributed by atoms with van der Waals surface area (Å²) in [4.78, 5) is 13.3. The maximum atomic E-state index is 6.10. The first-order valence-corrected chi connectivity index (χ1v) is 8.07. The molecule has 0 spiro atoms. The minimum Gasteiger partial charge on any atom is -0.354 e. The van der Waals surface area contributed by atoms with E-state index in [0.29, 0.717) is 27.9 Å². The fourth-order valence-corrected chi connectivity index (χ4v) is 2.78. The molecule has 0 aliphatic rings. The molecular weight excluding hydrogens is 338 g/mol. The summed E-state index contributed by atoms with van der Waals surface area (Å²) < 4.78 is 5.34. The lowest BCUT2D eigenvalue weighted by Crippen LogP contribution is -1.98. The van der Waals surface area contributed by atoms with Gasteiger partial charge in [-0.2, -0.15) is 4.98 Å². The zero-order valence-electron chi connectivity index (χ0n) is 13.6. The smallest absolute Gasteiger partial charge is 0.261 e. The summed E-state index contributed by atoms with van der Waals surface area (Å²) >= 11 is 6.10. The van der Waals surface area contributed by atoms with Gasteiger partial charge in [0.1, 0.15) is 0 Å². The van der Waals surface area contributed by atoms with Crippen molar-refractivity contribution in [2.24, 2.45) is 0 Å². The van der Waals surface area contributed by atoms with E-state index in [4.69, 9.17) is 16.1 Å². The van der Waals surface area contributed by atoms with Gasteiger partial charge in [0, 0.05) is 28.0 Å². The quantitative estimate of drug-likeness (QED) is 0.576. The highest BCUT2D eigenvalue weighted by molar-refractivity contribution is 6.30. The Bertz CT molecular complexity index is 1080. The number of rotatable bonds is 3. The normalized spacial score (nSPS) is 11.0. The second-order valence-corrected chi connectivity index (χ2v) is 6.09. The molecule has 25 heavy (non-hydrogen) atoms. The molecule has 1 N–H and O–H groups in total. The predicted octanol–water partition coefficient (Wildman–Crippen LogP) is 4.69. The van der Waals surface area contributed by atoms with Crippen LogP contribution in [-0.4, -0.2) is 20.1 Å². The predicted molar refractivity (Wildman–Crippen MR) is 97.0 cm³/mol. The van der Waals surface area contributed by atoms with E-state index in [0.717, 1.165) is 22.5 Å². The number of halogens is 1. The Labute approximate surface area is 148 Å². The Morgan fingerprint density at radius 3 is 2.72 bits per heavy atom. The molecule has 0 amide bonds. The van der Waals surface area contributed by atoms with Crippen molar-refractivity contribution in [3.63, 3.8) is 0 Å². The molecule has 124 valence electrons. The van der Waals surface area contributed by atoms with Gasteiger partial charge in [-0.1, -0.05) is 22.8 Å². The highest BCUT2D eigenvalue weighted by Gasteiger charge is 2.17. The first-order chi connectivity index (χ1) is 12.1. The van der Waals surface area contributed by atoms with Crippen LogP contribution in [0.15, 0.2) is 47.1 Å². The molecule has 0 atom stereocenters. The number of fused-ring (bicyclic) bond motifs is 1. The minimum atomic E-state index is 0.400. The molecule has 4 rings (SSSR count). The Morgan fingerprint density at radius 2 is 1.96 bits per heavy atom. The third-order valence-corrected chi connectivity index (χ3v) is 3.96. The number of benzene rings is 1. The fraction of sp³-hybridized carbons (Fsp3) is 0.111. The van der Waals surface area contributed by atoms with Crippen molar-refractivity contribution in [2.45, 2.75) is 13.8 Å². The van der Waals surface area contributed by atoms with Crippen LogP contribution in [0.1, 0.15) is 11.5 Å². The highest BCUT2D eigenvalue weighted by atomic mass is 35.5. The topological polar surface area (TPSA) is 76.7 Å². The standard InChI is InChI=1S/C18H14ClN5O/c1-10-6-7-14-16(23-13-5-3-4-12(19)8-13)15(9-20-17(14)21-10)18-22-11(2)24-25-18/h3-9H,1-2H3,(H,20,21,23). The zero-order valence-corrected chi connectivity index (χ0v) is 14.4. The molecule has 0 saturated heterocycles. The average Bonchev–Trinajstić information content (AvgIpc) is 3.01. The summed E-state index contributed by atoms with van der Waals surface area (Å²) in [5, 5.41) is 8.77. The van der Waals surface area contributed by atoms with Gasteiger partial charge in [-0.3, -0.25) is 0 Å². The van der Waals surface area contributed by atoms with Crippen molar-refractivity contribution in [3.8, 4) is 11.5 Å². The first kappa shape index (κ1) is 15.5. The molecule has 0 aliphatic heterocycles. The molecule has 0 bridgehead atoms. The summed E-state index contributed by atoms with van der Waals surface area (Å²) in [7, 11) is 0. The minimum absolute atomic E-state index is 0.400. The molecule has 3 aromatic heterocycles. The molecule has 0 radical (unpaired) electrons. The van der Waals surface area contributed by atoms with Crippen LogP contribution in [0.25, 0.3) is 22.5 Å². The molecular formula is C18H14ClN5O. The van der Waals surface area contributed by atoms with Crippen LogP contribution in [0.2, 0.25) is 5.02 Å². The number of pyridine rings is 2. The number of anilines is 2. The molecule has 3 heterocycles. The average molecular weight is 352 g/mol. The van der Waals surface area contributed by atoms with E-state index in [-0.39, 0.29) is 0 Å². The highest BCUT2D eigenvalue weighted by Crippen LogP contribution is 2.35. The second-order valence-electron chi connectivity index (χ2n) is 5.65. The van der Waals surface area contributed by atoms with Gasteiger partial charge in [-0.05, 0) is 44.2 Å². The third-order valence-electron chi connectivity index (χ3n) is 3.72. The van der Waals surface area contributed by atoms with E-state index < -0.39 is 0 Å². The Balaban J connectivity index is 1.93. The van der Waals surface area contributed by atoms with Crippen molar-refractivity contribution in [3.05, 3.63) is 59.1 Å². The van der Waals surface area contributed by atoms with E-state index in [9.17, 15) is 0 Å². The second kappa shape index (κ2) is 6.14. The Kier molecular flexibility index (Phi) is 3.82. The van der Waals surface area contributed by atoms with Gasteiger partial charge in [0.25, 0.3) is 5.89 Å². The van der Waals surface area contributed by atoms with Crippen molar-refractivity contribution in [2.75, 3.05) is 5.32 Å². The SMILES string of the molecule is Cc1ccc2c(Nc3cccc(Cl)c3)c(-c3nc(C)no3)cnc2n1. The van der Waals surface area contributed by atoms with Crippen LogP contribution in [0.3, 0.4) is 0 Å². The Hall–Kier alpha value is -2.99. The lowest BCUT2D eigenvalue weighted by atomic mass is 10.1. The van der Waals surface area contributed by atoms with E-state index in [1.807, 2.05) is 43.3 Å². The van der Waals surface area contributed by atoms with E-state index >= 15 is 0 Å². The van der Waals surface area contributed by atoms with Gasteiger partial charge < -0.3 is 9.84 Å². The van der Waals surface area contributed by atoms with Crippen molar-refractivity contribution < 1.29 is 4.52 Å². The molecule has 0 unspecified atom stereocenters. The molecule has 0 aliphatic carbocycles. The number of aromatic nitrogens is 4. The number of hydrogen-bond donors (Lipinski definition) is 1. The van der Waals surface area contributed by atoms with Gasteiger partial charge >= 0.3 is 0 Å². The van der Waals surface area contributed by atoms with Crippen LogP contribution in [0.4, 0.5) is 11.4 Å². The number of aryl methyl sites for hydroxylation is 2. The van der Waals surface area contributed by atoms with Crippen LogP contribution in [0, 0.1) is 13.8 Å².